The molecule has 6 heteroatoms. The number of ether oxygens (including phenoxy) is 1. The molecular weight excluding hydrogens is 336 g/mol. The normalized spacial score (nSPS) is 12.7. The Labute approximate surface area is 141 Å². The van der Waals surface area contributed by atoms with Gasteiger partial charge in [0.15, 0.2) is 9.84 Å². The van der Waals surface area contributed by atoms with Crippen LogP contribution >= 0.6 is 11.6 Å². The van der Waals surface area contributed by atoms with Gasteiger partial charge >= 0.3 is 5.97 Å². The molecule has 0 heterocycles. The zero-order valence-electron chi connectivity index (χ0n) is 12.8. The van der Waals surface area contributed by atoms with Crippen LogP contribution in [0.1, 0.15) is 34.5 Å². The summed E-state index contributed by atoms with van der Waals surface area (Å²) in [4.78, 5) is 12.2. The van der Waals surface area contributed by atoms with Gasteiger partial charge in [0.1, 0.15) is 6.10 Å². The van der Waals surface area contributed by atoms with Crippen LogP contribution < -0.4 is 0 Å². The second-order valence-corrected chi connectivity index (χ2v) is 7.95. The zero-order valence-corrected chi connectivity index (χ0v) is 14.4. The third-order valence-corrected chi connectivity index (χ3v) is 4.32. The zero-order chi connectivity index (χ0) is 17.0. The highest BCUT2D eigenvalue weighted by Crippen LogP contribution is 2.21. The van der Waals surface area contributed by atoms with Crippen LogP contribution in [0.2, 0.25) is 5.02 Å². The highest BCUT2D eigenvalue weighted by molar-refractivity contribution is 7.89. The van der Waals surface area contributed by atoms with E-state index >= 15 is 0 Å². The van der Waals surface area contributed by atoms with Gasteiger partial charge in [0, 0.05) is 11.3 Å². The summed E-state index contributed by atoms with van der Waals surface area (Å²) in [5, 5.41) is 0.612. The van der Waals surface area contributed by atoms with E-state index in [1.165, 1.54) is 6.07 Å². The lowest BCUT2D eigenvalue weighted by Gasteiger charge is -2.14. The van der Waals surface area contributed by atoms with Crippen LogP contribution in [0, 0.1) is 0 Å². The van der Waals surface area contributed by atoms with Crippen LogP contribution in [0.25, 0.3) is 0 Å². The summed E-state index contributed by atoms with van der Waals surface area (Å²) in [7, 11) is -3.15. The predicted molar refractivity (Wildman–Crippen MR) is 90.3 cm³/mol. The maximum Gasteiger partial charge on any atom is 0.338 e. The highest BCUT2D eigenvalue weighted by Gasteiger charge is 2.15. The number of rotatable bonds is 5. The molecule has 2 rings (SSSR count). The molecule has 0 aliphatic heterocycles. The summed E-state index contributed by atoms with van der Waals surface area (Å²) < 4.78 is 28.1. The standard InChI is InChI=1S/C17H17ClO4S/c1-12(14-6-8-16(18)9-7-14)22-17(19)15-5-3-4-13(10-15)11-23(2,20)21/h3-10,12H,11H2,1-2H3. The summed E-state index contributed by atoms with van der Waals surface area (Å²) in [6.45, 7) is 1.77. The minimum atomic E-state index is -3.15. The molecule has 1 atom stereocenters. The van der Waals surface area contributed by atoms with Gasteiger partial charge in [-0.2, -0.15) is 0 Å². The molecule has 0 aliphatic rings. The van der Waals surface area contributed by atoms with Crippen LogP contribution in [-0.2, 0) is 20.3 Å². The van der Waals surface area contributed by atoms with E-state index < -0.39 is 21.9 Å². The Kier molecular flexibility index (Phi) is 5.44. The number of hydrogen-bond acceptors (Lipinski definition) is 4. The molecule has 2 aromatic carbocycles. The fourth-order valence-corrected chi connectivity index (χ4v) is 3.03. The summed E-state index contributed by atoms with van der Waals surface area (Å²) in [5.41, 5.74) is 1.71. The number of benzene rings is 2. The molecule has 0 N–H and O–H groups in total. The molecule has 0 radical (unpaired) electrons. The maximum atomic E-state index is 12.2. The average molecular weight is 353 g/mol. The lowest BCUT2D eigenvalue weighted by Crippen LogP contribution is -2.10. The molecule has 1 unspecified atom stereocenters. The highest BCUT2D eigenvalue weighted by atomic mass is 35.5. The number of hydrogen-bond donors (Lipinski definition) is 0. The van der Waals surface area contributed by atoms with Crippen LogP contribution in [0.15, 0.2) is 48.5 Å². The molecule has 0 fully saturated rings. The largest absolute Gasteiger partial charge is 0.454 e. The Morgan fingerprint density at radius 2 is 1.83 bits per heavy atom. The van der Waals surface area contributed by atoms with Gasteiger partial charge in [-0.25, -0.2) is 13.2 Å². The minimum absolute atomic E-state index is 0.110. The van der Waals surface area contributed by atoms with E-state index in [0.29, 0.717) is 16.1 Å². The molecule has 122 valence electrons. The van der Waals surface area contributed by atoms with E-state index in [1.807, 2.05) is 0 Å². The van der Waals surface area contributed by atoms with Crippen molar-refractivity contribution >= 4 is 27.4 Å². The van der Waals surface area contributed by atoms with Gasteiger partial charge in [-0.1, -0.05) is 35.9 Å². The minimum Gasteiger partial charge on any atom is -0.454 e. The van der Waals surface area contributed by atoms with Crippen molar-refractivity contribution in [2.45, 2.75) is 18.8 Å². The van der Waals surface area contributed by atoms with Crippen molar-refractivity contribution in [2.24, 2.45) is 0 Å². The van der Waals surface area contributed by atoms with E-state index in [-0.39, 0.29) is 5.75 Å². The summed E-state index contributed by atoms with van der Waals surface area (Å²) in [5.74, 6) is -0.608. The summed E-state index contributed by atoms with van der Waals surface area (Å²) in [6, 6.07) is 13.5. The lowest BCUT2D eigenvalue weighted by atomic mass is 10.1. The van der Waals surface area contributed by atoms with Crippen molar-refractivity contribution < 1.29 is 17.9 Å². The molecule has 4 nitrogen and oxygen atoms in total. The number of carbonyl (C=O) groups excluding carboxylic acids is 1. The first-order chi connectivity index (χ1) is 10.7. The summed E-state index contributed by atoms with van der Waals surface area (Å²) in [6.07, 6.45) is 0.721. The first-order valence-electron chi connectivity index (χ1n) is 6.98. The molecule has 0 saturated carbocycles. The topological polar surface area (TPSA) is 60.4 Å². The Balaban J connectivity index is 2.11. The number of halogens is 1. The quantitative estimate of drug-likeness (QED) is 0.768. The van der Waals surface area contributed by atoms with Crippen molar-refractivity contribution in [2.75, 3.05) is 6.26 Å². The first-order valence-corrected chi connectivity index (χ1v) is 9.41. The van der Waals surface area contributed by atoms with Gasteiger partial charge in [0.2, 0.25) is 0 Å². The van der Waals surface area contributed by atoms with E-state index in [4.69, 9.17) is 16.3 Å². The van der Waals surface area contributed by atoms with Gasteiger partial charge in [0.05, 0.1) is 11.3 Å². The van der Waals surface area contributed by atoms with Gasteiger partial charge in [-0.15, -0.1) is 0 Å². The van der Waals surface area contributed by atoms with Crippen molar-refractivity contribution in [1.29, 1.82) is 0 Å². The summed E-state index contributed by atoms with van der Waals surface area (Å²) >= 11 is 5.83. The fraction of sp³-hybridized carbons (Fsp3) is 0.235. The molecular formula is C17H17ClO4S. The monoisotopic (exact) mass is 352 g/mol. The molecule has 0 saturated heterocycles. The smallest absolute Gasteiger partial charge is 0.338 e. The Morgan fingerprint density at radius 1 is 1.17 bits per heavy atom. The third-order valence-electron chi connectivity index (χ3n) is 3.21. The van der Waals surface area contributed by atoms with Crippen molar-refractivity contribution in [1.82, 2.24) is 0 Å². The molecule has 23 heavy (non-hydrogen) atoms. The van der Waals surface area contributed by atoms with Crippen LogP contribution in [0.3, 0.4) is 0 Å². The Morgan fingerprint density at radius 3 is 2.43 bits per heavy atom. The van der Waals surface area contributed by atoms with Crippen molar-refractivity contribution in [3.8, 4) is 0 Å². The molecule has 0 spiro atoms. The molecule has 0 aliphatic carbocycles. The second-order valence-electron chi connectivity index (χ2n) is 5.37. The van der Waals surface area contributed by atoms with Crippen LogP contribution in [0.4, 0.5) is 0 Å². The molecule has 0 aromatic heterocycles. The number of carbonyl (C=O) groups is 1. The van der Waals surface area contributed by atoms with Gasteiger partial charge in [-0.05, 0) is 42.3 Å². The van der Waals surface area contributed by atoms with Gasteiger partial charge in [-0.3, -0.25) is 0 Å². The fourth-order valence-electron chi connectivity index (χ4n) is 2.12. The van der Waals surface area contributed by atoms with E-state index in [0.717, 1.165) is 11.8 Å². The SMILES string of the molecule is CC(OC(=O)c1cccc(CS(C)(=O)=O)c1)c1ccc(Cl)cc1. The predicted octanol–water partition coefficient (Wildman–Crippen LogP) is 3.80. The third kappa shape index (κ3) is 5.37. The molecule has 0 amide bonds. The Bertz CT molecular complexity index is 798. The van der Waals surface area contributed by atoms with E-state index in [2.05, 4.69) is 0 Å². The lowest BCUT2D eigenvalue weighted by molar-refractivity contribution is 0.0337. The van der Waals surface area contributed by atoms with Gasteiger partial charge in [0.25, 0.3) is 0 Å². The number of sulfone groups is 1. The first kappa shape index (κ1) is 17.5. The number of esters is 1. The van der Waals surface area contributed by atoms with Crippen molar-refractivity contribution in [3.63, 3.8) is 0 Å². The van der Waals surface area contributed by atoms with Crippen LogP contribution in [0.5, 0.6) is 0 Å². The maximum absolute atomic E-state index is 12.2. The van der Waals surface area contributed by atoms with E-state index in [9.17, 15) is 13.2 Å². The molecule has 0 bridgehead atoms. The van der Waals surface area contributed by atoms with Gasteiger partial charge < -0.3 is 4.74 Å². The molecule has 2 aromatic rings. The average Bonchev–Trinajstić information content (AvgIpc) is 2.46. The van der Waals surface area contributed by atoms with Crippen molar-refractivity contribution in [3.05, 3.63) is 70.2 Å². The second kappa shape index (κ2) is 7.15. The van der Waals surface area contributed by atoms with Crippen LogP contribution in [-0.4, -0.2) is 20.6 Å². The Hall–Kier alpha value is -1.85. The van der Waals surface area contributed by atoms with E-state index in [1.54, 1.807) is 49.4 Å².